The number of piperidine rings is 1. The molecular formula is C20H35N3O4. The van der Waals surface area contributed by atoms with Crippen LogP contribution in [0.3, 0.4) is 0 Å². The van der Waals surface area contributed by atoms with E-state index in [-0.39, 0.29) is 24.8 Å². The van der Waals surface area contributed by atoms with Gasteiger partial charge in [0.15, 0.2) is 0 Å². The van der Waals surface area contributed by atoms with Crippen molar-refractivity contribution in [1.82, 2.24) is 15.5 Å². The Bertz CT molecular complexity index is 530. The smallest absolute Gasteiger partial charge is 0.407 e. The second kappa shape index (κ2) is 10.9. The Labute approximate surface area is 162 Å². The van der Waals surface area contributed by atoms with E-state index >= 15 is 0 Å². The molecule has 27 heavy (non-hydrogen) atoms. The van der Waals surface area contributed by atoms with E-state index in [4.69, 9.17) is 4.74 Å². The lowest BCUT2D eigenvalue weighted by Crippen LogP contribution is -2.41. The van der Waals surface area contributed by atoms with Crippen LogP contribution in [0.1, 0.15) is 53.9 Å². The summed E-state index contributed by atoms with van der Waals surface area (Å²) in [6, 6.07) is 0. The number of ether oxygens (including phenoxy) is 1. The van der Waals surface area contributed by atoms with Gasteiger partial charge in [-0.3, -0.25) is 9.59 Å². The molecule has 0 aromatic rings. The zero-order chi connectivity index (χ0) is 20.4. The molecule has 1 fully saturated rings. The highest BCUT2D eigenvalue weighted by Crippen LogP contribution is 2.17. The van der Waals surface area contributed by atoms with Gasteiger partial charge < -0.3 is 20.3 Å². The van der Waals surface area contributed by atoms with Crippen LogP contribution in [0.2, 0.25) is 0 Å². The zero-order valence-corrected chi connectivity index (χ0v) is 17.3. The molecule has 0 radical (unpaired) electrons. The third-order valence-electron chi connectivity index (χ3n) is 4.16. The zero-order valence-electron chi connectivity index (χ0n) is 17.3. The molecule has 0 aromatic heterocycles. The molecule has 1 rings (SSSR count). The largest absolute Gasteiger partial charge is 0.444 e. The topological polar surface area (TPSA) is 87.7 Å². The summed E-state index contributed by atoms with van der Waals surface area (Å²) in [5.41, 5.74) is -0.548. The highest BCUT2D eigenvalue weighted by Gasteiger charge is 2.22. The Hall–Kier alpha value is -2.05. The number of rotatable bonds is 7. The highest BCUT2D eigenvalue weighted by molar-refractivity contribution is 5.87. The van der Waals surface area contributed by atoms with Crippen LogP contribution in [0.4, 0.5) is 4.79 Å². The Balaban J connectivity index is 2.18. The van der Waals surface area contributed by atoms with Gasteiger partial charge in [-0.05, 0) is 51.5 Å². The molecule has 2 N–H and O–H groups in total. The first-order valence-corrected chi connectivity index (χ1v) is 9.77. The van der Waals surface area contributed by atoms with Gasteiger partial charge in [0.2, 0.25) is 11.8 Å². The van der Waals surface area contributed by atoms with Crippen LogP contribution in [0.15, 0.2) is 12.2 Å². The van der Waals surface area contributed by atoms with E-state index in [1.807, 2.05) is 24.8 Å². The molecule has 154 valence electrons. The molecule has 1 heterocycles. The van der Waals surface area contributed by atoms with Crippen molar-refractivity contribution in [2.75, 3.05) is 26.2 Å². The summed E-state index contributed by atoms with van der Waals surface area (Å²) in [6.07, 6.45) is 5.05. The molecule has 0 saturated carbocycles. The molecule has 1 aliphatic rings. The minimum atomic E-state index is -0.548. The number of carbonyl (C=O) groups is 3. The second-order valence-corrected chi connectivity index (χ2v) is 8.35. The average Bonchev–Trinajstić information content (AvgIpc) is 2.56. The Morgan fingerprint density at radius 3 is 2.33 bits per heavy atom. The van der Waals surface area contributed by atoms with Gasteiger partial charge in [0.05, 0.1) is 0 Å². The molecule has 1 saturated heterocycles. The maximum Gasteiger partial charge on any atom is 0.407 e. The van der Waals surface area contributed by atoms with Crippen LogP contribution in [-0.4, -0.2) is 54.6 Å². The Morgan fingerprint density at radius 2 is 1.78 bits per heavy atom. The Kier molecular flexibility index (Phi) is 9.32. The number of carbonyl (C=O) groups excluding carboxylic acids is 3. The van der Waals surface area contributed by atoms with E-state index in [1.165, 1.54) is 0 Å². The molecule has 0 aliphatic carbocycles. The van der Waals surface area contributed by atoms with Gasteiger partial charge in [-0.2, -0.15) is 0 Å². The number of nitrogens with zero attached hydrogens (tertiary/aromatic N) is 1. The van der Waals surface area contributed by atoms with E-state index in [0.29, 0.717) is 18.4 Å². The first kappa shape index (κ1) is 23.0. The van der Waals surface area contributed by atoms with Crippen molar-refractivity contribution >= 4 is 17.9 Å². The van der Waals surface area contributed by atoms with Gasteiger partial charge in [0, 0.05) is 32.6 Å². The average molecular weight is 382 g/mol. The number of amides is 3. The summed E-state index contributed by atoms with van der Waals surface area (Å²) < 4.78 is 5.12. The van der Waals surface area contributed by atoms with Gasteiger partial charge >= 0.3 is 6.09 Å². The minimum Gasteiger partial charge on any atom is -0.444 e. The summed E-state index contributed by atoms with van der Waals surface area (Å²) in [7, 11) is 0. The van der Waals surface area contributed by atoms with E-state index in [0.717, 1.165) is 25.9 Å². The number of hydrogen-bond acceptors (Lipinski definition) is 4. The van der Waals surface area contributed by atoms with Crippen molar-refractivity contribution in [2.24, 2.45) is 11.8 Å². The fraction of sp³-hybridized carbons (Fsp3) is 0.750. The summed E-state index contributed by atoms with van der Waals surface area (Å²) in [4.78, 5) is 37.3. The quantitative estimate of drug-likeness (QED) is 0.663. The van der Waals surface area contributed by atoms with E-state index in [1.54, 1.807) is 26.8 Å². The van der Waals surface area contributed by atoms with Crippen LogP contribution < -0.4 is 10.6 Å². The van der Waals surface area contributed by atoms with Gasteiger partial charge in [0.1, 0.15) is 5.60 Å². The first-order valence-electron chi connectivity index (χ1n) is 9.77. The highest BCUT2D eigenvalue weighted by atomic mass is 16.6. The summed E-state index contributed by atoms with van der Waals surface area (Å²) in [5, 5.41) is 5.48. The van der Waals surface area contributed by atoms with Gasteiger partial charge in [-0.15, -0.1) is 0 Å². The van der Waals surface area contributed by atoms with Crippen molar-refractivity contribution in [3.63, 3.8) is 0 Å². The lowest BCUT2D eigenvalue weighted by atomic mass is 9.96. The third-order valence-corrected chi connectivity index (χ3v) is 4.16. The van der Waals surface area contributed by atoms with Crippen LogP contribution in [-0.2, 0) is 14.3 Å². The molecule has 0 bridgehead atoms. The number of hydrogen-bond donors (Lipinski definition) is 2. The van der Waals surface area contributed by atoms with E-state index in [2.05, 4.69) is 10.6 Å². The van der Waals surface area contributed by atoms with Crippen molar-refractivity contribution < 1.29 is 19.1 Å². The third kappa shape index (κ3) is 10.6. The fourth-order valence-electron chi connectivity index (χ4n) is 2.68. The molecule has 0 atom stereocenters. The molecule has 0 spiro atoms. The maximum absolute atomic E-state index is 12.1. The second-order valence-electron chi connectivity index (χ2n) is 8.35. The SMILES string of the molecule is CC(C)/C=C/C(=O)N1CCC(CNC(=O)CCNC(=O)OC(C)(C)C)CC1. The van der Waals surface area contributed by atoms with Crippen LogP contribution in [0.25, 0.3) is 0 Å². The van der Waals surface area contributed by atoms with Crippen molar-refractivity contribution in [2.45, 2.75) is 59.5 Å². The number of allylic oxidation sites excluding steroid dienone is 1. The van der Waals surface area contributed by atoms with Gasteiger partial charge in [-0.1, -0.05) is 19.9 Å². The molecule has 3 amide bonds. The van der Waals surface area contributed by atoms with Crippen molar-refractivity contribution in [1.29, 1.82) is 0 Å². The summed E-state index contributed by atoms with van der Waals surface area (Å²) in [6.45, 7) is 11.8. The summed E-state index contributed by atoms with van der Waals surface area (Å²) >= 11 is 0. The van der Waals surface area contributed by atoms with Crippen molar-refractivity contribution in [3.05, 3.63) is 12.2 Å². The van der Waals surface area contributed by atoms with Gasteiger partial charge in [0.25, 0.3) is 0 Å². The first-order chi connectivity index (χ1) is 12.6. The lowest BCUT2D eigenvalue weighted by molar-refractivity contribution is -0.127. The van der Waals surface area contributed by atoms with Crippen LogP contribution in [0.5, 0.6) is 0 Å². The van der Waals surface area contributed by atoms with Crippen LogP contribution in [0, 0.1) is 11.8 Å². The Morgan fingerprint density at radius 1 is 1.15 bits per heavy atom. The lowest BCUT2D eigenvalue weighted by Gasteiger charge is -2.31. The molecule has 0 unspecified atom stereocenters. The molecule has 7 nitrogen and oxygen atoms in total. The normalized spacial score (nSPS) is 15.9. The van der Waals surface area contributed by atoms with Gasteiger partial charge in [-0.25, -0.2) is 4.79 Å². The van der Waals surface area contributed by atoms with E-state index in [9.17, 15) is 14.4 Å². The number of nitrogens with one attached hydrogen (secondary N) is 2. The molecule has 0 aromatic carbocycles. The molecular weight excluding hydrogens is 346 g/mol. The minimum absolute atomic E-state index is 0.0689. The molecule has 1 aliphatic heterocycles. The predicted octanol–water partition coefficient (Wildman–Crippen LogP) is 2.47. The standard InChI is InChI=1S/C20H35N3O4/c1-15(2)6-7-18(25)23-12-9-16(10-13-23)14-22-17(24)8-11-21-19(26)27-20(3,4)5/h6-7,15-16H,8-14H2,1-5H3,(H,21,26)(H,22,24)/b7-6+. The monoisotopic (exact) mass is 381 g/mol. The van der Waals surface area contributed by atoms with E-state index < -0.39 is 11.7 Å². The predicted molar refractivity (Wildman–Crippen MR) is 105 cm³/mol. The number of likely N-dealkylation sites (tertiary alicyclic amines) is 1. The molecule has 7 heteroatoms. The fourth-order valence-corrected chi connectivity index (χ4v) is 2.68. The van der Waals surface area contributed by atoms with Crippen molar-refractivity contribution in [3.8, 4) is 0 Å². The van der Waals surface area contributed by atoms with Crippen LogP contribution >= 0.6 is 0 Å². The number of alkyl carbamates (subject to hydrolysis) is 1. The summed E-state index contributed by atoms with van der Waals surface area (Å²) in [5.74, 6) is 0.723. The maximum atomic E-state index is 12.1.